The van der Waals surface area contributed by atoms with E-state index in [1.54, 1.807) is 0 Å². The molecule has 0 saturated carbocycles. The zero-order chi connectivity index (χ0) is 23.7. The van der Waals surface area contributed by atoms with Crippen molar-refractivity contribution in [2.75, 3.05) is 31.9 Å². The Balaban J connectivity index is 1.35. The van der Waals surface area contributed by atoms with Gasteiger partial charge in [0.15, 0.2) is 0 Å². The fourth-order valence-corrected chi connectivity index (χ4v) is 5.77. The number of amides is 1. The molecular formula is C28H30N4OS. The van der Waals surface area contributed by atoms with Gasteiger partial charge in [0, 0.05) is 37.3 Å². The second-order valence-electron chi connectivity index (χ2n) is 9.14. The minimum absolute atomic E-state index is 0.0159. The van der Waals surface area contributed by atoms with Gasteiger partial charge in [-0.15, -0.1) is 11.3 Å². The van der Waals surface area contributed by atoms with Gasteiger partial charge in [0.1, 0.15) is 9.71 Å². The SMILES string of the molecule is CC(C)c1ccc2c(N)c(C(=O)N3CCN(C(c4ccccc4)c4ccccc4)CC3)sc2n1. The van der Waals surface area contributed by atoms with E-state index in [0.717, 1.165) is 29.0 Å². The number of anilines is 1. The van der Waals surface area contributed by atoms with Gasteiger partial charge >= 0.3 is 0 Å². The molecule has 4 aromatic rings. The summed E-state index contributed by atoms with van der Waals surface area (Å²) >= 11 is 1.42. The summed E-state index contributed by atoms with van der Waals surface area (Å²) in [6.45, 7) is 7.20. The lowest BCUT2D eigenvalue weighted by molar-refractivity contribution is 0.0603. The van der Waals surface area contributed by atoms with Crippen LogP contribution in [0, 0.1) is 0 Å². The number of pyridine rings is 1. The standard InChI is InChI=1S/C28H30N4OS/c1-19(2)23-14-13-22-24(29)26(34-27(22)30-23)28(33)32-17-15-31(16-18-32)25(20-9-5-3-6-10-20)21-11-7-4-8-12-21/h3-14,19,25H,15-18,29H2,1-2H3. The number of nitrogens with zero attached hydrogens (tertiary/aromatic N) is 3. The summed E-state index contributed by atoms with van der Waals surface area (Å²) < 4.78 is 0. The van der Waals surface area contributed by atoms with Crippen LogP contribution in [0.3, 0.4) is 0 Å². The van der Waals surface area contributed by atoms with Crippen LogP contribution in [0.2, 0.25) is 0 Å². The number of thiophene rings is 1. The first-order chi connectivity index (χ1) is 16.5. The molecule has 0 aliphatic carbocycles. The lowest BCUT2D eigenvalue weighted by Gasteiger charge is -2.39. The molecule has 1 aliphatic rings. The van der Waals surface area contributed by atoms with Crippen LogP contribution in [0.5, 0.6) is 0 Å². The average molecular weight is 471 g/mol. The Hall–Kier alpha value is -3.22. The van der Waals surface area contributed by atoms with Gasteiger partial charge in [-0.1, -0.05) is 74.5 Å². The van der Waals surface area contributed by atoms with Gasteiger partial charge in [-0.05, 0) is 29.2 Å². The molecule has 0 unspecified atom stereocenters. The summed E-state index contributed by atoms with van der Waals surface area (Å²) in [7, 11) is 0. The summed E-state index contributed by atoms with van der Waals surface area (Å²) in [6, 6.07) is 25.4. The highest BCUT2D eigenvalue weighted by Crippen LogP contribution is 2.35. The van der Waals surface area contributed by atoms with Crippen molar-refractivity contribution < 1.29 is 4.79 Å². The molecule has 5 rings (SSSR count). The monoisotopic (exact) mass is 470 g/mol. The van der Waals surface area contributed by atoms with Gasteiger partial charge in [-0.2, -0.15) is 0 Å². The Labute approximate surface area is 204 Å². The third-order valence-electron chi connectivity index (χ3n) is 6.60. The molecule has 0 bridgehead atoms. The van der Waals surface area contributed by atoms with Crippen LogP contribution in [0.25, 0.3) is 10.2 Å². The molecule has 0 spiro atoms. The third-order valence-corrected chi connectivity index (χ3v) is 7.70. The number of piperazine rings is 1. The Kier molecular flexibility index (Phi) is 6.35. The van der Waals surface area contributed by atoms with E-state index in [-0.39, 0.29) is 11.9 Å². The predicted octanol–water partition coefficient (Wildman–Crippen LogP) is 5.55. The summed E-state index contributed by atoms with van der Waals surface area (Å²) in [5.41, 5.74) is 10.5. The van der Waals surface area contributed by atoms with Crippen LogP contribution < -0.4 is 5.73 Å². The summed E-state index contributed by atoms with van der Waals surface area (Å²) in [5, 5.41) is 0.879. The van der Waals surface area contributed by atoms with Gasteiger partial charge in [-0.3, -0.25) is 9.69 Å². The van der Waals surface area contributed by atoms with E-state index in [4.69, 9.17) is 10.7 Å². The molecule has 1 aliphatic heterocycles. The maximum Gasteiger partial charge on any atom is 0.266 e. The van der Waals surface area contributed by atoms with Crippen LogP contribution in [0.1, 0.15) is 52.3 Å². The van der Waals surface area contributed by atoms with Crippen molar-refractivity contribution in [3.05, 3.63) is 94.5 Å². The molecule has 1 fully saturated rings. The smallest absolute Gasteiger partial charge is 0.266 e. The molecule has 2 aromatic heterocycles. The van der Waals surface area contributed by atoms with Crippen LogP contribution in [-0.2, 0) is 0 Å². The first kappa shape index (κ1) is 22.6. The van der Waals surface area contributed by atoms with E-state index in [1.807, 2.05) is 17.0 Å². The number of benzene rings is 2. The van der Waals surface area contributed by atoms with Gasteiger partial charge in [-0.25, -0.2) is 4.98 Å². The van der Waals surface area contributed by atoms with Crippen molar-refractivity contribution >= 4 is 33.1 Å². The number of rotatable bonds is 5. The zero-order valence-corrected chi connectivity index (χ0v) is 20.5. The Morgan fingerprint density at radius 3 is 2.03 bits per heavy atom. The number of fused-ring (bicyclic) bond motifs is 1. The van der Waals surface area contributed by atoms with E-state index in [0.29, 0.717) is 29.6 Å². The summed E-state index contributed by atoms with van der Waals surface area (Å²) in [4.78, 5) is 24.0. The molecule has 5 nitrogen and oxygen atoms in total. The summed E-state index contributed by atoms with van der Waals surface area (Å²) in [6.07, 6.45) is 0. The fourth-order valence-electron chi connectivity index (χ4n) is 4.70. The van der Waals surface area contributed by atoms with Crippen molar-refractivity contribution in [2.24, 2.45) is 0 Å². The number of carbonyl (C=O) groups is 1. The molecule has 2 aromatic carbocycles. The Bertz CT molecular complexity index is 1240. The number of nitrogen functional groups attached to an aromatic ring is 1. The number of carbonyl (C=O) groups excluding carboxylic acids is 1. The Morgan fingerprint density at radius 1 is 0.882 bits per heavy atom. The lowest BCUT2D eigenvalue weighted by atomic mass is 9.96. The number of hydrogen-bond acceptors (Lipinski definition) is 5. The van der Waals surface area contributed by atoms with Gasteiger partial charge in [0.2, 0.25) is 0 Å². The quantitative estimate of drug-likeness (QED) is 0.415. The molecule has 0 radical (unpaired) electrons. The maximum absolute atomic E-state index is 13.4. The molecule has 0 atom stereocenters. The second-order valence-corrected chi connectivity index (χ2v) is 10.1. The fraction of sp³-hybridized carbons (Fsp3) is 0.286. The van der Waals surface area contributed by atoms with Gasteiger partial charge < -0.3 is 10.6 Å². The normalized spacial score (nSPS) is 14.9. The Morgan fingerprint density at radius 2 is 1.47 bits per heavy atom. The topological polar surface area (TPSA) is 62.5 Å². The zero-order valence-electron chi connectivity index (χ0n) is 19.6. The maximum atomic E-state index is 13.4. The number of aromatic nitrogens is 1. The first-order valence-corrected chi connectivity index (χ1v) is 12.7. The van der Waals surface area contributed by atoms with Crippen molar-refractivity contribution in [2.45, 2.75) is 25.8 Å². The average Bonchev–Trinajstić information content (AvgIpc) is 3.21. The molecule has 6 heteroatoms. The van der Waals surface area contributed by atoms with Crippen LogP contribution in [0.4, 0.5) is 5.69 Å². The minimum Gasteiger partial charge on any atom is -0.397 e. The third kappa shape index (κ3) is 4.31. The van der Waals surface area contributed by atoms with Crippen LogP contribution in [-0.4, -0.2) is 46.9 Å². The van der Waals surface area contributed by atoms with Crippen molar-refractivity contribution in [3.8, 4) is 0 Å². The number of nitrogens with two attached hydrogens (primary N) is 1. The molecule has 1 saturated heterocycles. The van der Waals surface area contributed by atoms with E-state index in [2.05, 4.69) is 79.4 Å². The highest BCUT2D eigenvalue weighted by Gasteiger charge is 2.30. The predicted molar refractivity (Wildman–Crippen MR) is 140 cm³/mol. The molecule has 1 amide bonds. The molecule has 2 N–H and O–H groups in total. The lowest BCUT2D eigenvalue weighted by Crippen LogP contribution is -2.49. The molecular weight excluding hydrogens is 440 g/mol. The minimum atomic E-state index is 0.0159. The highest BCUT2D eigenvalue weighted by atomic mass is 32.1. The van der Waals surface area contributed by atoms with Crippen LogP contribution >= 0.6 is 11.3 Å². The first-order valence-electron chi connectivity index (χ1n) is 11.8. The molecule has 34 heavy (non-hydrogen) atoms. The van der Waals surface area contributed by atoms with E-state index in [9.17, 15) is 4.79 Å². The van der Waals surface area contributed by atoms with Gasteiger partial charge in [0.05, 0.1) is 11.7 Å². The van der Waals surface area contributed by atoms with E-state index >= 15 is 0 Å². The summed E-state index contributed by atoms with van der Waals surface area (Å²) in [5.74, 6) is 0.351. The van der Waals surface area contributed by atoms with E-state index in [1.165, 1.54) is 22.5 Å². The number of hydrogen-bond donors (Lipinski definition) is 1. The molecule has 174 valence electrons. The van der Waals surface area contributed by atoms with Crippen molar-refractivity contribution in [1.82, 2.24) is 14.8 Å². The van der Waals surface area contributed by atoms with E-state index < -0.39 is 0 Å². The van der Waals surface area contributed by atoms with Crippen molar-refractivity contribution in [3.63, 3.8) is 0 Å². The second kappa shape index (κ2) is 9.57. The largest absolute Gasteiger partial charge is 0.397 e. The van der Waals surface area contributed by atoms with Crippen LogP contribution in [0.15, 0.2) is 72.8 Å². The molecule has 3 heterocycles. The van der Waals surface area contributed by atoms with Gasteiger partial charge in [0.25, 0.3) is 5.91 Å². The van der Waals surface area contributed by atoms with Crippen molar-refractivity contribution in [1.29, 1.82) is 0 Å². The highest BCUT2D eigenvalue weighted by molar-refractivity contribution is 7.21.